The van der Waals surface area contributed by atoms with Crippen LogP contribution in [-0.4, -0.2) is 26.4 Å². The van der Waals surface area contributed by atoms with Gasteiger partial charge in [-0.25, -0.2) is 9.37 Å². The molecule has 1 saturated carbocycles. The van der Waals surface area contributed by atoms with Crippen LogP contribution in [-0.2, 0) is 19.3 Å². The van der Waals surface area contributed by atoms with Crippen LogP contribution in [0.5, 0.6) is 0 Å². The average Bonchev–Trinajstić information content (AvgIpc) is 3.46. The molecule has 30 heavy (non-hydrogen) atoms. The number of benzene rings is 2. The third kappa shape index (κ3) is 4.53. The zero-order chi connectivity index (χ0) is 21.3. The van der Waals surface area contributed by atoms with Gasteiger partial charge in [-0.1, -0.05) is 12.1 Å². The predicted molar refractivity (Wildman–Crippen MR) is 102 cm³/mol. The summed E-state index contributed by atoms with van der Waals surface area (Å²) in [6, 6.07) is 10.5. The van der Waals surface area contributed by atoms with Crippen LogP contribution in [0.25, 0.3) is 0 Å². The molecule has 1 heterocycles. The number of aromatic nitrogens is 2. The predicted octanol–water partition coefficient (Wildman–Crippen LogP) is 4.89. The summed E-state index contributed by atoms with van der Waals surface area (Å²) in [5, 5.41) is 0. The van der Waals surface area contributed by atoms with E-state index in [4.69, 9.17) is 0 Å². The van der Waals surface area contributed by atoms with E-state index in [1.165, 1.54) is 36.4 Å². The van der Waals surface area contributed by atoms with Crippen LogP contribution in [0.2, 0.25) is 0 Å². The fourth-order valence-electron chi connectivity index (χ4n) is 3.30. The van der Waals surface area contributed by atoms with Crippen molar-refractivity contribution in [1.82, 2.24) is 14.5 Å². The molecule has 1 aliphatic rings. The molecule has 1 aromatic heterocycles. The van der Waals surface area contributed by atoms with Gasteiger partial charge in [0.25, 0.3) is 5.91 Å². The zero-order valence-electron chi connectivity index (χ0n) is 15.9. The zero-order valence-corrected chi connectivity index (χ0v) is 15.9. The lowest BCUT2D eigenvalue weighted by Crippen LogP contribution is -2.33. The van der Waals surface area contributed by atoms with Gasteiger partial charge in [-0.3, -0.25) is 4.79 Å². The van der Waals surface area contributed by atoms with Crippen LogP contribution >= 0.6 is 0 Å². The number of halogens is 4. The summed E-state index contributed by atoms with van der Waals surface area (Å²) in [7, 11) is 0. The second-order valence-corrected chi connectivity index (χ2v) is 7.34. The minimum Gasteiger partial charge on any atom is -0.329 e. The number of alkyl halides is 3. The number of imidazole rings is 1. The number of carbonyl (C=O) groups excluding carboxylic acids is 1. The average molecular weight is 417 g/mol. The van der Waals surface area contributed by atoms with Gasteiger partial charge in [0.05, 0.1) is 12.1 Å². The summed E-state index contributed by atoms with van der Waals surface area (Å²) >= 11 is 0. The van der Waals surface area contributed by atoms with Crippen molar-refractivity contribution in [3.05, 3.63) is 89.3 Å². The Morgan fingerprint density at radius 2 is 1.73 bits per heavy atom. The maximum atomic E-state index is 13.2. The number of hydrogen-bond acceptors (Lipinski definition) is 2. The van der Waals surface area contributed by atoms with Crippen molar-refractivity contribution in [3.8, 4) is 0 Å². The molecule has 0 atom stereocenters. The Morgan fingerprint density at radius 1 is 1.07 bits per heavy atom. The lowest BCUT2D eigenvalue weighted by atomic mass is 10.1. The number of amides is 1. The largest absolute Gasteiger partial charge is 0.416 e. The van der Waals surface area contributed by atoms with Crippen LogP contribution < -0.4 is 0 Å². The summed E-state index contributed by atoms with van der Waals surface area (Å²) in [6.45, 7) is 0.616. The third-order valence-corrected chi connectivity index (χ3v) is 5.09. The van der Waals surface area contributed by atoms with Gasteiger partial charge in [-0.2, -0.15) is 13.2 Å². The molecule has 0 N–H and O–H groups in total. The molecule has 0 aliphatic heterocycles. The monoisotopic (exact) mass is 417 g/mol. The summed E-state index contributed by atoms with van der Waals surface area (Å²) in [5.74, 6) is 0.0375. The van der Waals surface area contributed by atoms with E-state index in [0.29, 0.717) is 23.5 Å². The molecule has 0 radical (unpaired) electrons. The van der Waals surface area contributed by atoms with E-state index in [1.54, 1.807) is 17.3 Å². The molecule has 2 aromatic carbocycles. The Hall–Kier alpha value is -3.16. The first-order chi connectivity index (χ1) is 14.3. The van der Waals surface area contributed by atoms with E-state index < -0.39 is 17.6 Å². The molecule has 0 bridgehead atoms. The van der Waals surface area contributed by atoms with Crippen molar-refractivity contribution in [3.63, 3.8) is 0 Å². The van der Waals surface area contributed by atoms with E-state index in [-0.39, 0.29) is 18.5 Å². The molecule has 3 aromatic rings. The molecule has 0 saturated heterocycles. The Kier molecular flexibility index (Phi) is 5.32. The van der Waals surface area contributed by atoms with E-state index in [2.05, 4.69) is 4.98 Å². The van der Waals surface area contributed by atoms with Crippen molar-refractivity contribution in [1.29, 1.82) is 0 Å². The van der Waals surface area contributed by atoms with Crippen LogP contribution in [0, 0.1) is 5.82 Å². The second kappa shape index (κ2) is 7.93. The minimum atomic E-state index is -4.37. The Balaban J connectivity index is 1.50. The van der Waals surface area contributed by atoms with Crippen molar-refractivity contribution in [2.45, 2.75) is 38.1 Å². The normalized spacial score (nSPS) is 14.0. The molecule has 1 aliphatic carbocycles. The van der Waals surface area contributed by atoms with Crippen molar-refractivity contribution >= 4 is 5.91 Å². The second-order valence-electron chi connectivity index (χ2n) is 7.34. The van der Waals surface area contributed by atoms with Gasteiger partial charge in [0.15, 0.2) is 0 Å². The molecule has 4 nitrogen and oxygen atoms in total. The first kappa shape index (κ1) is 20.1. The lowest BCUT2D eigenvalue weighted by molar-refractivity contribution is -0.137. The number of hydrogen-bond donors (Lipinski definition) is 0. The van der Waals surface area contributed by atoms with Gasteiger partial charge >= 0.3 is 6.18 Å². The molecule has 1 amide bonds. The first-order valence-electron chi connectivity index (χ1n) is 9.54. The Morgan fingerprint density at radius 3 is 2.33 bits per heavy atom. The summed E-state index contributed by atoms with van der Waals surface area (Å²) in [4.78, 5) is 19.0. The van der Waals surface area contributed by atoms with Crippen molar-refractivity contribution in [2.75, 3.05) is 0 Å². The molecule has 1 fully saturated rings. The topological polar surface area (TPSA) is 38.1 Å². The van der Waals surface area contributed by atoms with Gasteiger partial charge < -0.3 is 9.47 Å². The highest BCUT2D eigenvalue weighted by Gasteiger charge is 2.34. The lowest BCUT2D eigenvalue weighted by Gasteiger charge is -2.23. The number of rotatable bonds is 6. The Bertz CT molecular complexity index is 1020. The molecular weight excluding hydrogens is 398 g/mol. The minimum absolute atomic E-state index is 0.110. The fraction of sp³-hybridized carbons (Fsp3) is 0.273. The maximum absolute atomic E-state index is 13.2. The smallest absolute Gasteiger partial charge is 0.329 e. The van der Waals surface area contributed by atoms with Crippen LogP contribution in [0.4, 0.5) is 17.6 Å². The summed E-state index contributed by atoms with van der Waals surface area (Å²) < 4.78 is 53.2. The molecule has 0 spiro atoms. The quantitative estimate of drug-likeness (QED) is 0.536. The third-order valence-electron chi connectivity index (χ3n) is 5.09. The van der Waals surface area contributed by atoms with Gasteiger partial charge in [0.2, 0.25) is 0 Å². The maximum Gasteiger partial charge on any atom is 0.416 e. The molecular formula is C22H19F4N3O. The van der Waals surface area contributed by atoms with E-state index in [1.807, 2.05) is 4.57 Å². The number of carbonyl (C=O) groups is 1. The van der Waals surface area contributed by atoms with Crippen LogP contribution in [0.15, 0.2) is 60.9 Å². The highest BCUT2D eigenvalue weighted by atomic mass is 19.4. The summed E-state index contributed by atoms with van der Waals surface area (Å²) in [5.41, 5.74) is 0.413. The van der Waals surface area contributed by atoms with Gasteiger partial charge in [-0.15, -0.1) is 0 Å². The van der Waals surface area contributed by atoms with Crippen LogP contribution in [0.1, 0.15) is 40.2 Å². The van der Waals surface area contributed by atoms with Gasteiger partial charge in [-0.05, 0) is 54.8 Å². The standard InChI is InChI=1S/C22H19F4N3O/c23-18-7-3-16(4-8-18)21(30)29(19-9-10-19)14-20-27-11-12-28(20)13-15-1-5-17(6-2-15)22(24,25)26/h1-8,11-12,19H,9-10,13-14H2. The molecule has 4 rings (SSSR count). The molecule has 156 valence electrons. The molecule has 8 heteroatoms. The van der Waals surface area contributed by atoms with E-state index in [9.17, 15) is 22.4 Å². The number of nitrogens with zero attached hydrogens (tertiary/aromatic N) is 3. The molecule has 0 unspecified atom stereocenters. The van der Waals surface area contributed by atoms with Crippen molar-refractivity contribution < 1.29 is 22.4 Å². The highest BCUT2D eigenvalue weighted by Crippen LogP contribution is 2.31. The van der Waals surface area contributed by atoms with E-state index >= 15 is 0 Å². The highest BCUT2D eigenvalue weighted by molar-refractivity contribution is 5.94. The SMILES string of the molecule is O=C(c1ccc(F)cc1)N(Cc1nccn1Cc1ccc(C(F)(F)F)cc1)C1CC1. The van der Waals surface area contributed by atoms with Gasteiger partial charge in [0, 0.05) is 30.5 Å². The van der Waals surface area contributed by atoms with Crippen LogP contribution in [0.3, 0.4) is 0 Å². The first-order valence-corrected chi connectivity index (χ1v) is 9.54. The summed E-state index contributed by atoms with van der Waals surface area (Å²) in [6.07, 6.45) is 0.761. The Labute approximate surface area is 170 Å². The van der Waals surface area contributed by atoms with Crippen molar-refractivity contribution in [2.24, 2.45) is 0 Å². The fourth-order valence-corrected chi connectivity index (χ4v) is 3.30. The van der Waals surface area contributed by atoms with Gasteiger partial charge in [0.1, 0.15) is 11.6 Å². The van der Waals surface area contributed by atoms with E-state index in [0.717, 1.165) is 25.0 Å².